The number of carboxylic acids is 2. The molecule has 0 spiro atoms. The number of Topliss-reactive ketones (excluding diaryl/α,β-unsaturated/α-hetero) is 1. The van der Waals surface area contributed by atoms with Crippen molar-refractivity contribution in [2.75, 3.05) is 0 Å². The predicted molar refractivity (Wildman–Crippen MR) is 87.7 cm³/mol. The van der Waals surface area contributed by atoms with E-state index in [1.165, 1.54) is 5.56 Å². The molecule has 25 heavy (non-hydrogen) atoms. The van der Waals surface area contributed by atoms with Gasteiger partial charge in [-0.05, 0) is 20.3 Å². The first-order valence-corrected chi connectivity index (χ1v) is 7.76. The van der Waals surface area contributed by atoms with E-state index < -0.39 is 18.4 Å². The number of carbonyl (C=O) groups excluding carboxylic acids is 2. The Labute approximate surface area is 146 Å². The van der Waals surface area contributed by atoms with Crippen LogP contribution in [0.4, 0.5) is 0 Å². The molecule has 1 aromatic carbocycles. The molecule has 1 unspecified atom stereocenters. The molecule has 2 rings (SSSR count). The van der Waals surface area contributed by atoms with E-state index in [0.29, 0.717) is 0 Å². The molecule has 0 fully saturated rings. The van der Waals surface area contributed by atoms with Gasteiger partial charge in [0.05, 0.1) is 13.5 Å². The maximum Gasteiger partial charge on any atom is 0.303 e. The number of aryl methyl sites for hydroxylation is 2. The first-order chi connectivity index (χ1) is 11.7. The van der Waals surface area contributed by atoms with Gasteiger partial charge in [0.25, 0.3) is 0 Å². The second-order valence-electron chi connectivity index (χ2n) is 5.70. The zero-order chi connectivity index (χ0) is 19.0. The van der Waals surface area contributed by atoms with Gasteiger partial charge >= 0.3 is 5.97 Å². The highest BCUT2D eigenvalue weighted by Gasteiger charge is 2.20. The van der Waals surface area contributed by atoms with Crippen LogP contribution in [0.5, 0.6) is 0 Å². The Bertz CT molecular complexity index is 720. The molecule has 0 radical (unpaired) electrons. The molecule has 0 aliphatic heterocycles. The van der Waals surface area contributed by atoms with Crippen LogP contribution in [-0.2, 0) is 16.6 Å². The van der Waals surface area contributed by atoms with Crippen molar-refractivity contribution in [2.24, 2.45) is 7.05 Å². The minimum Gasteiger partial charge on any atom is -0.550 e. The minimum absolute atomic E-state index is 0.140. The van der Waals surface area contributed by atoms with E-state index in [9.17, 15) is 19.5 Å². The lowest BCUT2D eigenvalue weighted by Crippen LogP contribution is -2.25. The van der Waals surface area contributed by atoms with E-state index in [2.05, 4.69) is 0 Å². The summed E-state index contributed by atoms with van der Waals surface area (Å²) in [6.45, 7) is 3.94. The summed E-state index contributed by atoms with van der Waals surface area (Å²) in [6.07, 6.45) is 4.99. The third-order valence-corrected chi connectivity index (χ3v) is 3.50. The smallest absolute Gasteiger partial charge is 0.303 e. The molecule has 1 atom stereocenters. The Morgan fingerprint density at radius 1 is 1.20 bits per heavy atom. The summed E-state index contributed by atoms with van der Waals surface area (Å²) in [5.41, 5.74) is 1.93. The molecule has 1 heterocycles. The van der Waals surface area contributed by atoms with Gasteiger partial charge in [-0.25, -0.2) is 9.13 Å². The molecular formula is C18H22N2O5. The maximum absolute atomic E-state index is 12.2. The highest BCUT2D eigenvalue weighted by molar-refractivity contribution is 5.98. The van der Waals surface area contributed by atoms with Crippen LogP contribution >= 0.6 is 0 Å². The first-order valence-electron chi connectivity index (χ1n) is 7.76. The van der Waals surface area contributed by atoms with Gasteiger partial charge in [0.15, 0.2) is 6.04 Å². The molecule has 134 valence electrons. The van der Waals surface area contributed by atoms with Crippen molar-refractivity contribution in [1.82, 2.24) is 4.57 Å². The Morgan fingerprint density at radius 3 is 2.20 bits per heavy atom. The lowest BCUT2D eigenvalue weighted by molar-refractivity contribution is -0.671. The number of carbonyl (C=O) groups is 3. The Balaban J connectivity index is 0.000000333. The van der Waals surface area contributed by atoms with Crippen molar-refractivity contribution < 1.29 is 29.2 Å². The van der Waals surface area contributed by atoms with Crippen LogP contribution in [-0.4, -0.2) is 27.4 Å². The van der Waals surface area contributed by atoms with Crippen LogP contribution in [0.1, 0.15) is 41.7 Å². The number of carboxylic acid groups (broad SMARTS) is 2. The standard InChI is InChI=1S/C14H17N2O.C4H6O4/c1-11-4-6-13(7-5-11)14(17)12(2)16-9-8-15(3)10-16;5-3(6)1-2-4(7)8/h4-10,12H,1-3H3;1-2H2,(H,5,6)(H,7,8)/q+1;/p-1. The summed E-state index contributed by atoms with van der Waals surface area (Å²) in [5.74, 6) is -2.30. The van der Waals surface area contributed by atoms with Crippen LogP contribution in [0.3, 0.4) is 0 Å². The van der Waals surface area contributed by atoms with Crippen molar-refractivity contribution in [3.63, 3.8) is 0 Å². The van der Waals surface area contributed by atoms with Crippen LogP contribution in [0.15, 0.2) is 43.0 Å². The molecule has 0 bridgehead atoms. The van der Waals surface area contributed by atoms with E-state index in [-0.39, 0.29) is 18.2 Å². The second kappa shape index (κ2) is 9.36. The molecule has 0 saturated carbocycles. The number of aromatic nitrogens is 2. The van der Waals surface area contributed by atoms with Crippen molar-refractivity contribution in [3.05, 3.63) is 54.1 Å². The quantitative estimate of drug-likeness (QED) is 0.611. The molecule has 0 aliphatic carbocycles. The molecule has 0 aliphatic rings. The molecule has 1 N–H and O–H groups in total. The van der Waals surface area contributed by atoms with E-state index in [4.69, 9.17) is 5.11 Å². The fraction of sp³-hybridized carbons (Fsp3) is 0.333. The molecular weight excluding hydrogens is 324 g/mol. The van der Waals surface area contributed by atoms with Gasteiger partial charge in [0.2, 0.25) is 12.1 Å². The summed E-state index contributed by atoms with van der Waals surface area (Å²) in [4.78, 5) is 31.4. The first kappa shape index (κ1) is 20.1. The number of imidazole rings is 1. The lowest BCUT2D eigenvalue weighted by Gasteiger charge is -2.07. The van der Waals surface area contributed by atoms with E-state index in [1.54, 1.807) is 0 Å². The largest absolute Gasteiger partial charge is 0.550 e. The van der Waals surface area contributed by atoms with Crippen molar-refractivity contribution in [1.29, 1.82) is 0 Å². The van der Waals surface area contributed by atoms with E-state index in [1.807, 2.05) is 73.0 Å². The van der Waals surface area contributed by atoms with Crippen molar-refractivity contribution >= 4 is 17.7 Å². The maximum atomic E-state index is 12.2. The van der Waals surface area contributed by atoms with Crippen LogP contribution < -0.4 is 9.67 Å². The Kier molecular flexibility index (Phi) is 7.52. The number of hydrogen-bond donors (Lipinski definition) is 1. The average Bonchev–Trinajstić information content (AvgIpc) is 2.99. The zero-order valence-electron chi connectivity index (χ0n) is 14.5. The molecule has 0 saturated heterocycles. The van der Waals surface area contributed by atoms with Crippen molar-refractivity contribution in [3.8, 4) is 0 Å². The highest BCUT2D eigenvalue weighted by Crippen LogP contribution is 2.14. The topological polar surface area (TPSA) is 103 Å². The minimum atomic E-state index is -1.33. The average molecular weight is 346 g/mol. The van der Waals surface area contributed by atoms with Gasteiger partial charge in [0.1, 0.15) is 12.4 Å². The monoisotopic (exact) mass is 346 g/mol. The van der Waals surface area contributed by atoms with Crippen LogP contribution in [0.2, 0.25) is 0 Å². The molecule has 7 heteroatoms. The van der Waals surface area contributed by atoms with Gasteiger partial charge in [0, 0.05) is 11.5 Å². The fourth-order valence-electron chi connectivity index (χ4n) is 2.00. The number of ketones is 1. The molecule has 2 aromatic rings. The van der Waals surface area contributed by atoms with Gasteiger partial charge in [-0.3, -0.25) is 9.59 Å². The molecule has 0 amide bonds. The lowest BCUT2D eigenvalue weighted by atomic mass is 10.0. The highest BCUT2D eigenvalue weighted by atomic mass is 16.4. The zero-order valence-corrected chi connectivity index (χ0v) is 14.5. The number of rotatable bonds is 6. The molecule has 1 aromatic heterocycles. The summed E-state index contributed by atoms with van der Waals surface area (Å²) >= 11 is 0. The SMILES string of the molecule is Cc1ccc(C(=O)C(C)n2cc[n+](C)c2)cc1.O=C([O-])CCC(=O)O. The van der Waals surface area contributed by atoms with Gasteiger partial charge in [-0.2, -0.15) is 0 Å². The summed E-state index contributed by atoms with van der Waals surface area (Å²) in [6, 6.07) is 7.54. The number of benzene rings is 1. The number of aliphatic carboxylic acids is 2. The summed E-state index contributed by atoms with van der Waals surface area (Å²) in [7, 11) is 1.94. The third-order valence-electron chi connectivity index (χ3n) is 3.50. The fourth-order valence-corrected chi connectivity index (χ4v) is 2.00. The Morgan fingerprint density at radius 2 is 1.80 bits per heavy atom. The summed E-state index contributed by atoms with van der Waals surface area (Å²) < 4.78 is 3.85. The van der Waals surface area contributed by atoms with Crippen LogP contribution in [0, 0.1) is 6.92 Å². The Hall–Kier alpha value is -2.96. The van der Waals surface area contributed by atoms with E-state index in [0.717, 1.165) is 5.56 Å². The number of hydrogen-bond acceptors (Lipinski definition) is 4. The third kappa shape index (κ3) is 6.99. The van der Waals surface area contributed by atoms with Crippen molar-refractivity contribution in [2.45, 2.75) is 32.7 Å². The van der Waals surface area contributed by atoms with E-state index >= 15 is 0 Å². The number of nitrogens with zero attached hydrogens (tertiary/aromatic N) is 2. The van der Waals surface area contributed by atoms with Crippen LogP contribution in [0.25, 0.3) is 0 Å². The second-order valence-corrected chi connectivity index (χ2v) is 5.70. The van der Waals surface area contributed by atoms with Gasteiger partial charge < -0.3 is 15.0 Å². The normalized spacial score (nSPS) is 11.2. The molecule has 7 nitrogen and oxygen atoms in total. The predicted octanol–water partition coefficient (Wildman–Crippen LogP) is 0.666. The summed E-state index contributed by atoms with van der Waals surface area (Å²) in [5, 5.41) is 17.4. The van der Waals surface area contributed by atoms with Gasteiger partial charge in [-0.15, -0.1) is 0 Å². The van der Waals surface area contributed by atoms with Gasteiger partial charge in [-0.1, -0.05) is 29.8 Å².